The fourth-order valence-corrected chi connectivity index (χ4v) is 1.65. The van der Waals surface area contributed by atoms with Crippen LogP contribution in [-0.2, 0) is 9.53 Å². The number of nitrogens with zero attached hydrogens (tertiary/aromatic N) is 1. The number of hydrogen-bond donors (Lipinski definition) is 1. The van der Waals surface area contributed by atoms with Crippen LogP contribution in [0.25, 0.3) is 0 Å². The van der Waals surface area contributed by atoms with Crippen LogP contribution in [0.1, 0.15) is 23.7 Å². The van der Waals surface area contributed by atoms with Gasteiger partial charge in [-0.25, -0.2) is 0 Å². The maximum absolute atomic E-state index is 12.2. The largest absolute Gasteiger partial charge is 0.497 e. The van der Waals surface area contributed by atoms with Gasteiger partial charge < -0.3 is 20.1 Å². The quantitative estimate of drug-likeness (QED) is 0.627. The zero-order valence-electron chi connectivity index (χ0n) is 12.0. The molecule has 0 aliphatic carbocycles. The number of nitrogen functional groups attached to an aromatic ring is 1. The number of benzene rings is 1. The van der Waals surface area contributed by atoms with E-state index in [4.69, 9.17) is 15.2 Å². The molecule has 0 fully saturated rings. The Bertz CT molecular complexity index is 488. The van der Waals surface area contributed by atoms with Gasteiger partial charge >= 0.3 is 5.97 Å². The molecule has 0 bridgehead atoms. The smallest absolute Gasteiger partial charge is 0.307 e. The van der Waals surface area contributed by atoms with Gasteiger partial charge in [-0.05, 0) is 25.1 Å². The summed E-state index contributed by atoms with van der Waals surface area (Å²) in [7, 11) is 3.13. The molecule has 2 N–H and O–H groups in total. The average molecular weight is 280 g/mol. The molecule has 0 spiro atoms. The lowest BCUT2D eigenvalue weighted by atomic mass is 10.1. The second-order valence-corrected chi connectivity index (χ2v) is 4.23. The average Bonchev–Trinajstić information content (AvgIpc) is 2.45. The van der Waals surface area contributed by atoms with Crippen molar-refractivity contribution in [3.8, 4) is 5.75 Å². The van der Waals surface area contributed by atoms with Crippen LogP contribution >= 0.6 is 0 Å². The molecular weight excluding hydrogens is 260 g/mol. The molecule has 1 rings (SSSR count). The number of methoxy groups -OCH3 is 1. The highest BCUT2D eigenvalue weighted by Gasteiger charge is 2.16. The van der Waals surface area contributed by atoms with Gasteiger partial charge in [-0.1, -0.05) is 0 Å². The number of esters is 1. The zero-order valence-corrected chi connectivity index (χ0v) is 12.0. The summed E-state index contributed by atoms with van der Waals surface area (Å²) in [4.78, 5) is 24.9. The molecule has 0 atom stereocenters. The topological polar surface area (TPSA) is 81.9 Å². The third-order valence-corrected chi connectivity index (χ3v) is 2.79. The van der Waals surface area contributed by atoms with Gasteiger partial charge in [0.05, 0.1) is 25.7 Å². The molecule has 1 amide bonds. The summed E-state index contributed by atoms with van der Waals surface area (Å²) < 4.78 is 9.89. The lowest BCUT2D eigenvalue weighted by molar-refractivity contribution is -0.143. The van der Waals surface area contributed by atoms with E-state index in [1.165, 1.54) is 12.0 Å². The molecule has 0 saturated heterocycles. The van der Waals surface area contributed by atoms with Crippen molar-refractivity contribution >= 4 is 17.6 Å². The second kappa shape index (κ2) is 7.37. The van der Waals surface area contributed by atoms with Crippen molar-refractivity contribution in [2.45, 2.75) is 13.3 Å². The molecule has 20 heavy (non-hydrogen) atoms. The van der Waals surface area contributed by atoms with Crippen LogP contribution in [-0.4, -0.2) is 44.1 Å². The third kappa shape index (κ3) is 4.15. The molecule has 0 heterocycles. The number of carbonyl (C=O) groups is 2. The van der Waals surface area contributed by atoms with Crippen LogP contribution in [0.15, 0.2) is 18.2 Å². The molecule has 0 aliphatic rings. The van der Waals surface area contributed by atoms with Gasteiger partial charge in [0.1, 0.15) is 5.75 Å². The number of ether oxygens (including phenoxy) is 2. The molecule has 6 heteroatoms. The van der Waals surface area contributed by atoms with E-state index < -0.39 is 0 Å². The predicted molar refractivity (Wildman–Crippen MR) is 75.6 cm³/mol. The zero-order chi connectivity index (χ0) is 15.1. The number of hydrogen-bond acceptors (Lipinski definition) is 5. The molecule has 0 aliphatic heterocycles. The first-order valence-electron chi connectivity index (χ1n) is 6.34. The Kier molecular flexibility index (Phi) is 5.83. The minimum absolute atomic E-state index is 0.153. The summed E-state index contributed by atoms with van der Waals surface area (Å²) in [5, 5.41) is 0. The van der Waals surface area contributed by atoms with Gasteiger partial charge in [0, 0.05) is 19.3 Å². The van der Waals surface area contributed by atoms with Crippen molar-refractivity contribution in [2.24, 2.45) is 0 Å². The molecule has 0 unspecified atom stereocenters. The molecule has 1 aromatic carbocycles. The van der Waals surface area contributed by atoms with E-state index in [1.54, 1.807) is 32.2 Å². The van der Waals surface area contributed by atoms with E-state index in [2.05, 4.69) is 0 Å². The SMILES string of the molecule is CCOC(=O)CCN(C)C(=O)c1cc(OC)ccc1N. The maximum atomic E-state index is 12.2. The van der Waals surface area contributed by atoms with E-state index >= 15 is 0 Å². The lowest BCUT2D eigenvalue weighted by Gasteiger charge is -2.18. The fourth-order valence-electron chi connectivity index (χ4n) is 1.65. The van der Waals surface area contributed by atoms with Crippen LogP contribution in [0.4, 0.5) is 5.69 Å². The normalized spacial score (nSPS) is 9.95. The van der Waals surface area contributed by atoms with Crippen LogP contribution in [0, 0.1) is 0 Å². The lowest BCUT2D eigenvalue weighted by Crippen LogP contribution is -2.30. The van der Waals surface area contributed by atoms with Gasteiger partial charge in [-0.2, -0.15) is 0 Å². The van der Waals surface area contributed by atoms with Gasteiger partial charge in [0.25, 0.3) is 5.91 Å². The number of rotatable bonds is 6. The predicted octanol–water partition coefficient (Wildman–Crippen LogP) is 1.30. The Morgan fingerprint density at radius 3 is 2.65 bits per heavy atom. The molecule has 110 valence electrons. The molecule has 1 aromatic rings. The number of amides is 1. The number of anilines is 1. The van der Waals surface area contributed by atoms with Crippen molar-refractivity contribution < 1.29 is 19.1 Å². The van der Waals surface area contributed by atoms with Gasteiger partial charge in [-0.3, -0.25) is 9.59 Å². The Labute approximate surface area is 118 Å². The van der Waals surface area contributed by atoms with Crippen LogP contribution in [0.2, 0.25) is 0 Å². The Hall–Kier alpha value is -2.24. The summed E-state index contributed by atoms with van der Waals surface area (Å²) in [6.07, 6.45) is 0.153. The van der Waals surface area contributed by atoms with Gasteiger partial charge in [0.15, 0.2) is 0 Å². The van der Waals surface area contributed by atoms with E-state index in [1.807, 2.05) is 0 Å². The maximum Gasteiger partial charge on any atom is 0.307 e. The first-order chi connectivity index (χ1) is 9.49. The third-order valence-electron chi connectivity index (χ3n) is 2.79. The number of carbonyl (C=O) groups excluding carboxylic acids is 2. The highest BCUT2D eigenvalue weighted by Crippen LogP contribution is 2.20. The van der Waals surface area contributed by atoms with Crippen LogP contribution in [0.3, 0.4) is 0 Å². The van der Waals surface area contributed by atoms with E-state index in [0.717, 1.165) is 0 Å². The van der Waals surface area contributed by atoms with Crippen molar-refractivity contribution in [1.82, 2.24) is 4.90 Å². The Morgan fingerprint density at radius 1 is 1.35 bits per heavy atom. The van der Waals surface area contributed by atoms with Crippen molar-refractivity contribution in [2.75, 3.05) is 33.0 Å². The minimum atomic E-state index is -0.328. The van der Waals surface area contributed by atoms with Crippen molar-refractivity contribution in [3.05, 3.63) is 23.8 Å². The van der Waals surface area contributed by atoms with Crippen LogP contribution < -0.4 is 10.5 Å². The first-order valence-corrected chi connectivity index (χ1v) is 6.34. The van der Waals surface area contributed by atoms with Crippen LogP contribution in [0.5, 0.6) is 5.75 Å². The summed E-state index contributed by atoms with van der Waals surface area (Å²) in [5.74, 6) is -0.0298. The highest BCUT2D eigenvalue weighted by atomic mass is 16.5. The molecule has 0 radical (unpaired) electrons. The Balaban J connectivity index is 2.71. The highest BCUT2D eigenvalue weighted by molar-refractivity contribution is 5.99. The Morgan fingerprint density at radius 2 is 2.05 bits per heavy atom. The summed E-state index contributed by atoms with van der Waals surface area (Å²) in [6.45, 7) is 2.34. The van der Waals surface area contributed by atoms with Gasteiger partial charge in [-0.15, -0.1) is 0 Å². The van der Waals surface area contributed by atoms with E-state index in [0.29, 0.717) is 23.6 Å². The van der Waals surface area contributed by atoms with Crippen molar-refractivity contribution in [1.29, 1.82) is 0 Å². The molecular formula is C14H20N2O4. The van der Waals surface area contributed by atoms with Gasteiger partial charge in [0.2, 0.25) is 0 Å². The van der Waals surface area contributed by atoms with E-state index in [9.17, 15) is 9.59 Å². The fraction of sp³-hybridized carbons (Fsp3) is 0.429. The summed E-state index contributed by atoms with van der Waals surface area (Å²) >= 11 is 0. The molecule has 0 aromatic heterocycles. The second-order valence-electron chi connectivity index (χ2n) is 4.23. The van der Waals surface area contributed by atoms with Crippen molar-refractivity contribution in [3.63, 3.8) is 0 Å². The number of nitrogens with two attached hydrogens (primary N) is 1. The molecule has 6 nitrogen and oxygen atoms in total. The monoisotopic (exact) mass is 280 g/mol. The minimum Gasteiger partial charge on any atom is -0.497 e. The first kappa shape index (κ1) is 15.8. The molecule has 0 saturated carbocycles. The standard InChI is InChI=1S/C14H20N2O4/c1-4-20-13(17)7-8-16(2)14(18)11-9-10(19-3)5-6-12(11)15/h5-6,9H,4,7-8,15H2,1-3H3. The summed E-state index contributed by atoms with van der Waals surface area (Å²) in [6, 6.07) is 4.88. The van der Waals surface area contributed by atoms with E-state index in [-0.39, 0.29) is 24.8 Å². The summed E-state index contributed by atoms with van der Waals surface area (Å²) in [5.41, 5.74) is 6.52.